The van der Waals surface area contributed by atoms with Crippen LogP contribution in [0.4, 0.5) is 5.13 Å². The van der Waals surface area contributed by atoms with E-state index in [2.05, 4.69) is 15.5 Å². The maximum atomic E-state index is 12.5. The number of hydrogen-bond donors (Lipinski definition) is 1. The Balaban J connectivity index is 1.44. The number of thiazole rings is 1. The lowest BCUT2D eigenvalue weighted by molar-refractivity contribution is 0.0728. The molecular formula is C26H23N3O3S. The number of benzene rings is 3. The number of hydrazone groups is 1. The van der Waals surface area contributed by atoms with Crippen LogP contribution in [0.25, 0.3) is 11.3 Å². The zero-order valence-corrected chi connectivity index (χ0v) is 19.1. The van der Waals surface area contributed by atoms with Crippen molar-refractivity contribution in [3.63, 3.8) is 0 Å². The summed E-state index contributed by atoms with van der Waals surface area (Å²) in [6.45, 7) is 4.25. The van der Waals surface area contributed by atoms with Crippen molar-refractivity contribution in [2.75, 3.05) is 12.0 Å². The van der Waals surface area contributed by atoms with Crippen molar-refractivity contribution in [1.82, 2.24) is 4.98 Å². The van der Waals surface area contributed by atoms with Gasteiger partial charge in [0.2, 0.25) is 5.13 Å². The number of aromatic nitrogens is 1. The van der Waals surface area contributed by atoms with E-state index in [4.69, 9.17) is 9.47 Å². The van der Waals surface area contributed by atoms with Crippen LogP contribution in [0.3, 0.4) is 0 Å². The first-order valence-electron chi connectivity index (χ1n) is 10.5. The second-order valence-electron chi connectivity index (χ2n) is 7.17. The van der Waals surface area contributed by atoms with E-state index >= 15 is 0 Å². The van der Waals surface area contributed by atoms with Gasteiger partial charge in [-0.1, -0.05) is 48.0 Å². The maximum absolute atomic E-state index is 12.5. The molecular weight excluding hydrogens is 434 g/mol. The molecule has 33 heavy (non-hydrogen) atoms. The third-order valence-electron chi connectivity index (χ3n) is 4.67. The average Bonchev–Trinajstić information content (AvgIpc) is 3.30. The number of nitrogens with zero attached hydrogens (tertiary/aromatic N) is 2. The molecule has 4 rings (SSSR count). The summed E-state index contributed by atoms with van der Waals surface area (Å²) >= 11 is 1.48. The maximum Gasteiger partial charge on any atom is 0.343 e. The van der Waals surface area contributed by atoms with E-state index in [-0.39, 0.29) is 0 Å². The van der Waals surface area contributed by atoms with Gasteiger partial charge in [-0.2, -0.15) is 5.10 Å². The van der Waals surface area contributed by atoms with Crippen molar-refractivity contribution in [3.05, 3.63) is 94.9 Å². The van der Waals surface area contributed by atoms with Crippen molar-refractivity contribution in [1.29, 1.82) is 0 Å². The van der Waals surface area contributed by atoms with Gasteiger partial charge in [0.15, 0.2) is 11.5 Å². The number of ether oxygens (including phenoxy) is 2. The topological polar surface area (TPSA) is 72.8 Å². The summed E-state index contributed by atoms with van der Waals surface area (Å²) in [5.74, 6) is 0.407. The van der Waals surface area contributed by atoms with Gasteiger partial charge in [-0.05, 0) is 49.7 Å². The second-order valence-corrected chi connectivity index (χ2v) is 8.03. The van der Waals surface area contributed by atoms with Gasteiger partial charge >= 0.3 is 5.97 Å². The predicted octanol–water partition coefficient (Wildman–Crippen LogP) is 6.18. The summed E-state index contributed by atoms with van der Waals surface area (Å²) in [4.78, 5) is 17.1. The highest BCUT2D eigenvalue weighted by molar-refractivity contribution is 7.14. The van der Waals surface area contributed by atoms with Crippen molar-refractivity contribution in [2.24, 2.45) is 5.10 Å². The molecule has 0 fully saturated rings. The molecule has 3 aromatic carbocycles. The first-order chi connectivity index (χ1) is 16.1. The number of anilines is 1. The zero-order chi connectivity index (χ0) is 23.0. The lowest BCUT2D eigenvalue weighted by Gasteiger charge is -2.11. The number of aryl methyl sites for hydroxylation is 1. The monoisotopic (exact) mass is 457 g/mol. The molecule has 0 aliphatic rings. The van der Waals surface area contributed by atoms with Gasteiger partial charge in [0, 0.05) is 10.9 Å². The Hall–Kier alpha value is -3.97. The summed E-state index contributed by atoms with van der Waals surface area (Å²) < 4.78 is 11.3. The highest BCUT2D eigenvalue weighted by Gasteiger charge is 2.13. The van der Waals surface area contributed by atoms with Gasteiger partial charge in [0.1, 0.15) is 0 Å². The molecule has 0 radical (unpaired) electrons. The van der Waals surface area contributed by atoms with E-state index in [1.807, 2.05) is 67.8 Å². The quantitative estimate of drug-likeness (QED) is 0.148. The minimum Gasteiger partial charge on any atom is -0.490 e. The minimum absolute atomic E-state index is 0.362. The molecule has 0 spiro atoms. The number of esters is 1. The highest BCUT2D eigenvalue weighted by Crippen LogP contribution is 2.29. The van der Waals surface area contributed by atoms with E-state index in [0.29, 0.717) is 28.8 Å². The minimum atomic E-state index is -0.430. The number of nitrogens with one attached hydrogen (secondary N) is 1. The molecule has 0 aliphatic carbocycles. The number of carbonyl (C=O) groups is 1. The van der Waals surface area contributed by atoms with Crippen LogP contribution in [0.5, 0.6) is 11.5 Å². The first kappa shape index (κ1) is 22.2. The summed E-state index contributed by atoms with van der Waals surface area (Å²) in [5.41, 5.74) is 7.19. The Morgan fingerprint density at radius 1 is 1.06 bits per heavy atom. The Labute approximate surface area is 196 Å². The molecule has 7 heteroatoms. The van der Waals surface area contributed by atoms with Crippen LogP contribution in [0.2, 0.25) is 0 Å². The standard InChI is InChI=1S/C26H23N3O3S/c1-3-31-24-15-19(12-13-23(24)32-25(30)21-11-7-8-18(2)14-21)16-27-29-26-28-22(17-33-26)20-9-5-4-6-10-20/h4-17H,3H2,1-2H3,(H,28,29)/b27-16-. The Morgan fingerprint density at radius 3 is 2.70 bits per heavy atom. The molecule has 1 aromatic heterocycles. The predicted molar refractivity (Wildman–Crippen MR) is 133 cm³/mol. The summed E-state index contributed by atoms with van der Waals surface area (Å²) in [6, 6.07) is 22.5. The largest absolute Gasteiger partial charge is 0.490 e. The fraction of sp³-hybridized carbons (Fsp3) is 0.115. The Morgan fingerprint density at radius 2 is 1.91 bits per heavy atom. The van der Waals surface area contributed by atoms with Gasteiger partial charge < -0.3 is 9.47 Å². The molecule has 4 aromatic rings. The van der Waals surface area contributed by atoms with E-state index in [0.717, 1.165) is 22.4 Å². The SMILES string of the molecule is CCOc1cc(/C=N\Nc2nc(-c3ccccc3)cs2)ccc1OC(=O)c1cccc(C)c1. The highest BCUT2D eigenvalue weighted by atomic mass is 32.1. The Kier molecular flexibility index (Phi) is 7.12. The molecule has 0 saturated carbocycles. The van der Waals surface area contributed by atoms with Crippen LogP contribution < -0.4 is 14.9 Å². The van der Waals surface area contributed by atoms with Crippen molar-refractivity contribution in [3.8, 4) is 22.8 Å². The second kappa shape index (κ2) is 10.6. The van der Waals surface area contributed by atoms with Crippen LogP contribution in [-0.2, 0) is 0 Å². The van der Waals surface area contributed by atoms with E-state index in [1.165, 1.54) is 11.3 Å². The molecule has 1 heterocycles. The third-order valence-corrected chi connectivity index (χ3v) is 5.42. The number of carbonyl (C=O) groups excluding carboxylic acids is 1. The van der Waals surface area contributed by atoms with E-state index in [1.54, 1.807) is 30.5 Å². The molecule has 0 saturated heterocycles. The molecule has 0 atom stereocenters. The molecule has 6 nitrogen and oxygen atoms in total. The van der Waals surface area contributed by atoms with Crippen LogP contribution >= 0.6 is 11.3 Å². The average molecular weight is 458 g/mol. The third kappa shape index (κ3) is 5.84. The molecule has 0 amide bonds. The lowest BCUT2D eigenvalue weighted by Crippen LogP contribution is -2.10. The van der Waals surface area contributed by atoms with E-state index in [9.17, 15) is 4.79 Å². The Bertz CT molecular complexity index is 1270. The fourth-order valence-electron chi connectivity index (χ4n) is 3.12. The molecule has 0 unspecified atom stereocenters. The van der Waals surface area contributed by atoms with Gasteiger partial charge in [-0.25, -0.2) is 9.78 Å². The van der Waals surface area contributed by atoms with Crippen LogP contribution in [0, 0.1) is 6.92 Å². The number of hydrogen-bond acceptors (Lipinski definition) is 7. The number of rotatable bonds is 8. The van der Waals surface area contributed by atoms with Crippen LogP contribution in [0.15, 0.2) is 83.3 Å². The molecule has 0 aliphatic heterocycles. The summed E-state index contributed by atoms with van der Waals surface area (Å²) in [7, 11) is 0. The van der Waals surface area contributed by atoms with Crippen LogP contribution in [0.1, 0.15) is 28.4 Å². The van der Waals surface area contributed by atoms with Gasteiger partial charge in [-0.3, -0.25) is 5.43 Å². The van der Waals surface area contributed by atoms with Crippen molar-refractivity contribution < 1.29 is 14.3 Å². The van der Waals surface area contributed by atoms with Crippen molar-refractivity contribution >= 4 is 28.7 Å². The van der Waals surface area contributed by atoms with Gasteiger partial charge in [0.25, 0.3) is 0 Å². The fourth-order valence-corrected chi connectivity index (χ4v) is 3.79. The smallest absolute Gasteiger partial charge is 0.343 e. The van der Waals surface area contributed by atoms with E-state index < -0.39 is 5.97 Å². The van der Waals surface area contributed by atoms with Crippen molar-refractivity contribution in [2.45, 2.75) is 13.8 Å². The van der Waals surface area contributed by atoms with Gasteiger partial charge in [0.05, 0.1) is 24.1 Å². The normalized spacial score (nSPS) is 10.8. The lowest BCUT2D eigenvalue weighted by atomic mass is 10.1. The summed E-state index contributed by atoms with van der Waals surface area (Å²) in [6.07, 6.45) is 1.66. The molecule has 1 N–H and O–H groups in total. The summed E-state index contributed by atoms with van der Waals surface area (Å²) in [5, 5.41) is 6.95. The molecule has 0 bridgehead atoms. The first-order valence-corrected chi connectivity index (χ1v) is 11.4. The zero-order valence-electron chi connectivity index (χ0n) is 18.3. The molecule has 166 valence electrons. The van der Waals surface area contributed by atoms with Crippen LogP contribution in [-0.4, -0.2) is 23.8 Å². The van der Waals surface area contributed by atoms with Gasteiger partial charge in [-0.15, -0.1) is 11.3 Å².